The lowest BCUT2D eigenvalue weighted by molar-refractivity contribution is -0.117. The Labute approximate surface area is 139 Å². The van der Waals surface area contributed by atoms with Crippen molar-refractivity contribution in [3.05, 3.63) is 23.5 Å². The molecule has 24 heavy (non-hydrogen) atoms. The molecule has 1 saturated carbocycles. The average molecular weight is 357 g/mol. The number of hydrogen-bond donors (Lipinski definition) is 3. The zero-order valence-corrected chi connectivity index (χ0v) is 13.9. The molecule has 1 aliphatic heterocycles. The van der Waals surface area contributed by atoms with Crippen LogP contribution in [0.5, 0.6) is 5.75 Å². The zero-order valence-electron chi connectivity index (χ0n) is 13.0. The molecule has 0 bridgehead atoms. The molecule has 1 aromatic rings. The third kappa shape index (κ3) is 3.32. The number of carbonyl (C=O) groups is 1. The Hall–Kier alpha value is -1.87. The summed E-state index contributed by atoms with van der Waals surface area (Å²) in [5, 5.41) is 10.1. The molecule has 7 nitrogen and oxygen atoms in total. The van der Waals surface area contributed by atoms with Crippen LogP contribution in [0.1, 0.15) is 31.2 Å². The molecule has 4 N–H and O–H groups in total. The molecule has 132 valence electrons. The second-order valence-electron chi connectivity index (χ2n) is 6.47. The summed E-state index contributed by atoms with van der Waals surface area (Å²) in [4.78, 5) is 11.3. The topological polar surface area (TPSA) is 113 Å². The maximum Gasteiger partial charge on any atom is 0.326 e. The number of carbonyl (C=O) groups excluding carboxylic acids is 1. The average Bonchev–Trinajstić information content (AvgIpc) is 2.74. The summed E-state index contributed by atoms with van der Waals surface area (Å²) >= 11 is 0. The minimum Gasteiger partial charge on any atom is -0.506 e. The van der Waals surface area contributed by atoms with Crippen molar-refractivity contribution in [3.63, 3.8) is 0 Å². The van der Waals surface area contributed by atoms with Gasteiger partial charge in [-0.2, -0.15) is 8.42 Å². The van der Waals surface area contributed by atoms with E-state index < -0.39 is 39.9 Å². The summed E-state index contributed by atoms with van der Waals surface area (Å²) in [6.07, 6.45) is 4.35. The fraction of sp³-hybridized carbons (Fsp3) is 0.533. The summed E-state index contributed by atoms with van der Waals surface area (Å²) in [7, 11) is -4.16. The smallest absolute Gasteiger partial charge is 0.326 e. The van der Waals surface area contributed by atoms with Crippen LogP contribution in [-0.2, 0) is 21.4 Å². The number of rotatable bonds is 3. The van der Waals surface area contributed by atoms with Crippen molar-refractivity contribution in [2.75, 3.05) is 10.8 Å². The predicted molar refractivity (Wildman–Crippen MR) is 86.1 cm³/mol. The Morgan fingerprint density at radius 3 is 2.50 bits per heavy atom. The van der Waals surface area contributed by atoms with E-state index in [2.05, 4.69) is 0 Å². The van der Waals surface area contributed by atoms with Crippen molar-refractivity contribution in [2.24, 2.45) is 11.7 Å². The molecule has 9 heteroatoms. The van der Waals surface area contributed by atoms with E-state index in [1.807, 2.05) is 0 Å². The first-order valence-corrected chi connectivity index (χ1v) is 9.30. The number of hydrogen-bond acceptors (Lipinski definition) is 5. The Kier molecular flexibility index (Phi) is 4.39. The van der Waals surface area contributed by atoms with Crippen LogP contribution in [0.2, 0.25) is 0 Å². The van der Waals surface area contributed by atoms with E-state index in [-0.39, 0.29) is 6.04 Å². The fourth-order valence-electron chi connectivity index (χ4n) is 3.38. The van der Waals surface area contributed by atoms with Crippen LogP contribution < -0.4 is 14.8 Å². The number of phenolic OH excluding ortho intramolecular Hbond substituents is 1. The van der Waals surface area contributed by atoms with Crippen LogP contribution in [0.3, 0.4) is 0 Å². The van der Waals surface area contributed by atoms with Crippen LogP contribution in [0, 0.1) is 11.7 Å². The van der Waals surface area contributed by atoms with Gasteiger partial charge in [0.1, 0.15) is 18.0 Å². The van der Waals surface area contributed by atoms with Gasteiger partial charge < -0.3 is 10.8 Å². The highest BCUT2D eigenvalue weighted by Crippen LogP contribution is 2.36. The second-order valence-corrected chi connectivity index (χ2v) is 8.06. The van der Waals surface area contributed by atoms with Gasteiger partial charge in [-0.05, 0) is 55.7 Å². The molecule has 1 aliphatic carbocycles. The van der Waals surface area contributed by atoms with Gasteiger partial charge in [-0.25, -0.2) is 13.4 Å². The van der Waals surface area contributed by atoms with Crippen LogP contribution in [0.4, 0.5) is 10.1 Å². The summed E-state index contributed by atoms with van der Waals surface area (Å²) < 4.78 is 40.3. The number of nitrogens with two attached hydrogens (primary N) is 1. The maximum absolute atomic E-state index is 14.4. The molecule has 3 rings (SSSR count). The van der Waals surface area contributed by atoms with Crippen molar-refractivity contribution >= 4 is 21.8 Å². The van der Waals surface area contributed by atoms with Gasteiger partial charge in [0.05, 0.1) is 0 Å². The highest BCUT2D eigenvalue weighted by molar-refractivity contribution is 7.92. The van der Waals surface area contributed by atoms with Crippen molar-refractivity contribution in [3.8, 4) is 5.75 Å². The maximum atomic E-state index is 14.4. The molecule has 1 amide bonds. The number of nitrogens with one attached hydrogen (secondary N) is 1. The van der Waals surface area contributed by atoms with Gasteiger partial charge in [-0.15, -0.1) is 0 Å². The van der Waals surface area contributed by atoms with E-state index >= 15 is 0 Å². The van der Waals surface area contributed by atoms with Crippen LogP contribution in [-0.4, -0.2) is 32.0 Å². The summed E-state index contributed by atoms with van der Waals surface area (Å²) in [5.41, 5.74) is 5.97. The molecule has 0 atom stereocenters. The summed E-state index contributed by atoms with van der Waals surface area (Å²) in [6.45, 7) is -0.549. The Morgan fingerprint density at radius 2 is 1.96 bits per heavy atom. The SMILES string of the molecule is NC1CCC(Cc2cc(O)c(N3CC(=O)NS3(=O)=O)c(F)c2)CC1. The number of amides is 1. The second kappa shape index (κ2) is 6.21. The number of benzene rings is 1. The highest BCUT2D eigenvalue weighted by Gasteiger charge is 2.37. The van der Waals surface area contributed by atoms with E-state index in [1.165, 1.54) is 12.1 Å². The monoisotopic (exact) mass is 357 g/mol. The molecule has 1 heterocycles. The van der Waals surface area contributed by atoms with Gasteiger partial charge in [0.25, 0.3) is 5.91 Å². The van der Waals surface area contributed by atoms with Crippen LogP contribution in [0.25, 0.3) is 0 Å². The van der Waals surface area contributed by atoms with Gasteiger partial charge >= 0.3 is 10.2 Å². The van der Waals surface area contributed by atoms with E-state index in [1.54, 1.807) is 4.72 Å². The Morgan fingerprint density at radius 1 is 1.29 bits per heavy atom. The molecule has 0 aromatic heterocycles. The van der Waals surface area contributed by atoms with Gasteiger partial charge in [0.2, 0.25) is 0 Å². The first-order chi connectivity index (χ1) is 11.3. The number of aromatic hydroxyl groups is 1. The van der Waals surface area contributed by atoms with Gasteiger partial charge in [-0.1, -0.05) is 0 Å². The van der Waals surface area contributed by atoms with Gasteiger partial charge in [0, 0.05) is 6.04 Å². The van der Waals surface area contributed by atoms with Crippen molar-refractivity contribution in [1.29, 1.82) is 0 Å². The van der Waals surface area contributed by atoms with Gasteiger partial charge in [0.15, 0.2) is 5.82 Å². The zero-order chi connectivity index (χ0) is 17.5. The largest absolute Gasteiger partial charge is 0.506 e. The molecule has 2 aliphatic rings. The predicted octanol–water partition coefficient (Wildman–Crippen LogP) is 0.772. The van der Waals surface area contributed by atoms with Crippen LogP contribution >= 0.6 is 0 Å². The summed E-state index contributed by atoms with van der Waals surface area (Å²) in [5.74, 6) is -1.75. The number of halogens is 1. The third-order valence-electron chi connectivity index (χ3n) is 4.59. The Bertz CT molecular complexity index is 737. The molecule has 1 aromatic carbocycles. The molecule has 1 saturated heterocycles. The molecular weight excluding hydrogens is 337 g/mol. The molecule has 0 unspecified atom stereocenters. The minimum atomic E-state index is -4.16. The van der Waals surface area contributed by atoms with E-state index in [9.17, 15) is 22.7 Å². The van der Waals surface area contributed by atoms with E-state index in [0.717, 1.165) is 25.7 Å². The van der Waals surface area contributed by atoms with Gasteiger partial charge in [-0.3, -0.25) is 4.79 Å². The summed E-state index contributed by atoms with van der Waals surface area (Å²) in [6, 6.07) is 2.81. The molecule has 0 radical (unpaired) electrons. The van der Waals surface area contributed by atoms with E-state index in [0.29, 0.717) is 22.2 Å². The highest BCUT2D eigenvalue weighted by atomic mass is 32.2. The lowest BCUT2D eigenvalue weighted by atomic mass is 9.82. The number of phenols is 1. The standard InChI is InChI=1S/C15H20FN3O4S/c16-12-6-10(5-9-1-3-11(17)4-2-9)7-13(20)15(12)19-8-14(21)18-24(19,22)23/h6-7,9,11,20H,1-5,8,17H2,(H,18,21). The molecule has 2 fully saturated rings. The van der Waals surface area contributed by atoms with Crippen molar-refractivity contribution < 1.29 is 22.7 Å². The van der Waals surface area contributed by atoms with E-state index in [4.69, 9.17) is 5.73 Å². The third-order valence-corrected chi connectivity index (χ3v) is 5.97. The fourth-order valence-corrected chi connectivity index (χ4v) is 4.55. The first kappa shape index (κ1) is 17.0. The van der Waals surface area contributed by atoms with Crippen LogP contribution in [0.15, 0.2) is 12.1 Å². The minimum absolute atomic E-state index is 0.221. The lowest BCUT2D eigenvalue weighted by Crippen LogP contribution is -2.30. The van der Waals surface area contributed by atoms with Crippen molar-refractivity contribution in [1.82, 2.24) is 4.72 Å². The number of anilines is 1. The quantitative estimate of drug-likeness (QED) is 0.740. The van der Waals surface area contributed by atoms with Crippen molar-refractivity contribution in [2.45, 2.75) is 38.1 Å². The Balaban J connectivity index is 1.83. The lowest BCUT2D eigenvalue weighted by Gasteiger charge is -2.26. The normalized spacial score (nSPS) is 26.4. The molecular formula is C15H20FN3O4S. The first-order valence-electron chi connectivity index (χ1n) is 7.86. The number of nitrogens with zero attached hydrogens (tertiary/aromatic N) is 1. The molecule has 0 spiro atoms.